The molecule has 6 nitrogen and oxygen atoms in total. The number of nitrogens with one attached hydrogen (secondary N) is 1. The van der Waals surface area contributed by atoms with Crippen molar-refractivity contribution in [3.63, 3.8) is 0 Å². The molecule has 2 amide bonds. The highest BCUT2D eigenvalue weighted by molar-refractivity contribution is 6.31. The third-order valence-corrected chi connectivity index (χ3v) is 4.13. The highest BCUT2D eigenvalue weighted by atomic mass is 35.5. The van der Waals surface area contributed by atoms with Gasteiger partial charge in [0, 0.05) is 30.3 Å². The Balaban J connectivity index is 2.01. The fourth-order valence-electron chi connectivity index (χ4n) is 2.47. The van der Waals surface area contributed by atoms with Gasteiger partial charge in [-0.3, -0.25) is 14.3 Å². The molecule has 1 aromatic heterocycles. The Bertz CT molecular complexity index is 840. The van der Waals surface area contributed by atoms with Gasteiger partial charge in [-0.15, -0.1) is 0 Å². The highest BCUT2D eigenvalue weighted by Gasteiger charge is 2.12. The summed E-state index contributed by atoms with van der Waals surface area (Å²) in [6, 6.07) is 6.83. The topological polar surface area (TPSA) is 90.0 Å². The predicted molar refractivity (Wildman–Crippen MR) is 103 cm³/mol. The Morgan fingerprint density at radius 2 is 2.12 bits per heavy atom. The molecule has 2 rings (SSSR count). The van der Waals surface area contributed by atoms with Crippen LogP contribution in [-0.4, -0.2) is 21.6 Å². The van der Waals surface area contributed by atoms with Crippen molar-refractivity contribution in [1.82, 2.24) is 15.1 Å². The summed E-state index contributed by atoms with van der Waals surface area (Å²) in [5.41, 5.74) is 7.96. The summed E-state index contributed by atoms with van der Waals surface area (Å²) in [5.74, 6) is -0.341. The van der Waals surface area contributed by atoms with Gasteiger partial charge in [0.15, 0.2) is 0 Å². The molecule has 0 aliphatic carbocycles. The molecule has 0 saturated carbocycles. The average Bonchev–Trinajstić information content (AvgIpc) is 2.84. The second kappa shape index (κ2) is 8.67. The molecular formula is C19H23ClN4O2. The second-order valence-corrected chi connectivity index (χ2v) is 6.84. The van der Waals surface area contributed by atoms with Gasteiger partial charge in [0.25, 0.3) is 0 Å². The highest BCUT2D eigenvalue weighted by Crippen LogP contribution is 2.22. The number of hydrogen-bond acceptors (Lipinski definition) is 3. The molecule has 138 valence electrons. The number of benzene rings is 1. The van der Waals surface area contributed by atoms with Crippen LogP contribution in [0.25, 0.3) is 6.08 Å². The summed E-state index contributed by atoms with van der Waals surface area (Å²) in [4.78, 5) is 23.2. The van der Waals surface area contributed by atoms with E-state index < -0.39 is 5.91 Å². The lowest BCUT2D eigenvalue weighted by molar-refractivity contribution is -0.116. The van der Waals surface area contributed by atoms with Crippen molar-refractivity contribution in [1.29, 1.82) is 0 Å². The van der Waals surface area contributed by atoms with Gasteiger partial charge in [-0.2, -0.15) is 5.10 Å². The molecule has 7 heteroatoms. The van der Waals surface area contributed by atoms with Crippen LogP contribution in [0.4, 0.5) is 0 Å². The lowest BCUT2D eigenvalue weighted by Crippen LogP contribution is -2.20. The monoisotopic (exact) mass is 374 g/mol. The Labute approximate surface area is 158 Å². The first-order chi connectivity index (χ1) is 12.3. The number of primary amides is 1. The Kier molecular flexibility index (Phi) is 6.58. The molecule has 0 radical (unpaired) electrons. The lowest BCUT2D eigenvalue weighted by atomic mass is 10.1. The third kappa shape index (κ3) is 5.20. The van der Waals surface area contributed by atoms with Crippen molar-refractivity contribution in [2.75, 3.05) is 0 Å². The lowest BCUT2D eigenvalue weighted by Gasteiger charge is -2.05. The number of rotatable bonds is 7. The van der Waals surface area contributed by atoms with Gasteiger partial charge in [-0.25, -0.2) is 0 Å². The first-order valence-electron chi connectivity index (χ1n) is 8.35. The molecule has 1 heterocycles. The molecule has 0 aliphatic heterocycles. The molecule has 1 aromatic carbocycles. The van der Waals surface area contributed by atoms with Crippen molar-refractivity contribution in [2.24, 2.45) is 11.7 Å². The van der Waals surface area contributed by atoms with Crippen molar-refractivity contribution < 1.29 is 9.59 Å². The first-order valence-corrected chi connectivity index (χ1v) is 8.73. The van der Waals surface area contributed by atoms with Crippen LogP contribution in [0.2, 0.25) is 5.15 Å². The van der Waals surface area contributed by atoms with E-state index in [-0.39, 0.29) is 5.91 Å². The molecule has 3 N–H and O–H groups in total. The third-order valence-electron chi connectivity index (χ3n) is 3.73. The van der Waals surface area contributed by atoms with E-state index in [2.05, 4.69) is 24.3 Å². The van der Waals surface area contributed by atoms with E-state index in [0.29, 0.717) is 23.2 Å². The number of carbonyl (C=O) groups excluding carboxylic acids is 2. The zero-order chi connectivity index (χ0) is 19.3. The van der Waals surface area contributed by atoms with Gasteiger partial charge in [0.1, 0.15) is 5.15 Å². The number of carbonyl (C=O) groups is 2. The molecule has 26 heavy (non-hydrogen) atoms. The molecule has 0 atom stereocenters. The van der Waals surface area contributed by atoms with E-state index in [1.54, 1.807) is 29.0 Å². The standard InChI is InChI=1S/C19H23ClN4O2/c1-12(2)11-24-18(20)16(13(3)23-24)7-8-17(25)22-10-14-5-4-6-15(9-14)19(21)26/h4-9,12H,10-11H2,1-3H3,(H2,21,26)(H,22,25)/b8-7+. The van der Waals surface area contributed by atoms with Crippen LogP contribution in [0.5, 0.6) is 0 Å². The molecule has 0 spiro atoms. The normalized spacial score (nSPS) is 11.3. The SMILES string of the molecule is Cc1nn(CC(C)C)c(Cl)c1/C=C/C(=O)NCc1cccc(C(N)=O)c1. The van der Waals surface area contributed by atoms with E-state index in [4.69, 9.17) is 17.3 Å². The van der Waals surface area contributed by atoms with Gasteiger partial charge in [0.05, 0.1) is 5.69 Å². The Morgan fingerprint density at radius 1 is 1.38 bits per heavy atom. The van der Waals surface area contributed by atoms with E-state index in [1.807, 2.05) is 13.0 Å². The maximum Gasteiger partial charge on any atom is 0.248 e. The van der Waals surface area contributed by atoms with Gasteiger partial charge >= 0.3 is 0 Å². The number of nitrogens with zero attached hydrogens (tertiary/aromatic N) is 2. The van der Waals surface area contributed by atoms with Crippen LogP contribution in [0.1, 0.15) is 41.0 Å². The molecule has 0 saturated heterocycles. The van der Waals surface area contributed by atoms with Crippen LogP contribution in [0.3, 0.4) is 0 Å². The first kappa shape index (κ1) is 19.7. The van der Waals surface area contributed by atoms with Gasteiger partial charge < -0.3 is 11.1 Å². The number of halogens is 1. The maximum atomic E-state index is 12.1. The summed E-state index contributed by atoms with van der Waals surface area (Å²) >= 11 is 6.35. The van der Waals surface area contributed by atoms with Crippen molar-refractivity contribution in [3.8, 4) is 0 Å². The predicted octanol–water partition coefficient (Wildman–Crippen LogP) is 2.93. The summed E-state index contributed by atoms with van der Waals surface area (Å²) in [6.45, 7) is 7.04. The van der Waals surface area contributed by atoms with Crippen LogP contribution >= 0.6 is 11.6 Å². The Morgan fingerprint density at radius 3 is 2.77 bits per heavy atom. The van der Waals surface area contributed by atoms with Crippen molar-refractivity contribution in [3.05, 3.63) is 57.9 Å². The van der Waals surface area contributed by atoms with Crippen LogP contribution < -0.4 is 11.1 Å². The molecule has 0 unspecified atom stereocenters. The summed E-state index contributed by atoms with van der Waals surface area (Å²) in [5, 5.41) is 7.69. The minimum Gasteiger partial charge on any atom is -0.366 e. The molecule has 0 fully saturated rings. The quantitative estimate of drug-likeness (QED) is 0.730. The van der Waals surface area contributed by atoms with E-state index >= 15 is 0 Å². The van der Waals surface area contributed by atoms with Gasteiger partial charge in [-0.05, 0) is 36.6 Å². The number of amides is 2. The number of aromatic nitrogens is 2. The zero-order valence-corrected chi connectivity index (χ0v) is 15.9. The van der Waals surface area contributed by atoms with Crippen LogP contribution in [-0.2, 0) is 17.9 Å². The number of aryl methyl sites for hydroxylation is 1. The molecular weight excluding hydrogens is 352 g/mol. The van der Waals surface area contributed by atoms with E-state index in [1.165, 1.54) is 6.08 Å². The summed E-state index contributed by atoms with van der Waals surface area (Å²) in [7, 11) is 0. The fraction of sp³-hybridized carbons (Fsp3) is 0.316. The number of hydrogen-bond donors (Lipinski definition) is 2. The maximum absolute atomic E-state index is 12.1. The van der Waals surface area contributed by atoms with E-state index in [0.717, 1.165) is 23.4 Å². The second-order valence-electron chi connectivity index (χ2n) is 6.48. The summed E-state index contributed by atoms with van der Waals surface area (Å²) < 4.78 is 1.74. The summed E-state index contributed by atoms with van der Waals surface area (Å²) in [6.07, 6.45) is 3.09. The smallest absolute Gasteiger partial charge is 0.248 e. The largest absolute Gasteiger partial charge is 0.366 e. The van der Waals surface area contributed by atoms with E-state index in [9.17, 15) is 9.59 Å². The molecule has 0 aliphatic rings. The van der Waals surface area contributed by atoms with Crippen LogP contribution in [0, 0.1) is 12.8 Å². The zero-order valence-electron chi connectivity index (χ0n) is 15.1. The van der Waals surface area contributed by atoms with Gasteiger partial charge in [0.2, 0.25) is 11.8 Å². The molecule has 0 bridgehead atoms. The van der Waals surface area contributed by atoms with Gasteiger partial charge in [-0.1, -0.05) is 37.6 Å². The minimum absolute atomic E-state index is 0.262. The average molecular weight is 375 g/mol. The Hall–Kier alpha value is -2.60. The molecule has 2 aromatic rings. The van der Waals surface area contributed by atoms with Crippen LogP contribution in [0.15, 0.2) is 30.3 Å². The van der Waals surface area contributed by atoms with Crippen molar-refractivity contribution in [2.45, 2.75) is 33.9 Å². The van der Waals surface area contributed by atoms with Crippen molar-refractivity contribution >= 4 is 29.5 Å². The fourth-order valence-corrected chi connectivity index (χ4v) is 2.77. The minimum atomic E-state index is -0.499. The number of nitrogens with two attached hydrogens (primary N) is 1.